The number of nitrogens with one attached hydrogen (secondary N) is 1. The van der Waals surface area contributed by atoms with Crippen LogP contribution in [0.3, 0.4) is 0 Å². The Kier molecular flexibility index (Phi) is 2.70. The Morgan fingerprint density at radius 2 is 1.75 bits per heavy atom. The molecule has 0 saturated heterocycles. The van der Waals surface area contributed by atoms with Crippen molar-refractivity contribution in [2.75, 3.05) is 16.8 Å². The molecule has 24 heavy (non-hydrogen) atoms. The standard InChI is InChI=1S/C20H18N2O2/c23-18(22-10-9-13-3-1-2-4-17(13)22)14-5-7-16(8-6-14)21-19(24)20-11-15(20)12-20/h1-8,15H,9-12H2,(H,21,24). The second kappa shape index (κ2) is 4.69. The Hall–Kier alpha value is -2.62. The maximum Gasteiger partial charge on any atom is 0.258 e. The van der Waals surface area contributed by atoms with Crippen LogP contribution in [0.15, 0.2) is 48.5 Å². The SMILES string of the molecule is O=C(c1ccc(NC(=O)C23CC2C3)cc1)N1CCc2ccccc21. The van der Waals surface area contributed by atoms with Gasteiger partial charge in [0, 0.05) is 23.5 Å². The van der Waals surface area contributed by atoms with Gasteiger partial charge in [0.15, 0.2) is 0 Å². The average molecular weight is 318 g/mol. The fourth-order valence-corrected chi connectivity index (χ4v) is 3.73. The van der Waals surface area contributed by atoms with E-state index < -0.39 is 0 Å². The smallest absolute Gasteiger partial charge is 0.258 e. The van der Waals surface area contributed by atoms with E-state index in [0.717, 1.165) is 37.2 Å². The van der Waals surface area contributed by atoms with Gasteiger partial charge in [-0.25, -0.2) is 0 Å². The number of hydrogen-bond donors (Lipinski definition) is 1. The second-order valence-electron chi connectivity index (χ2n) is 7.13. The van der Waals surface area contributed by atoms with Gasteiger partial charge in [0.1, 0.15) is 0 Å². The van der Waals surface area contributed by atoms with Crippen LogP contribution in [0.1, 0.15) is 28.8 Å². The molecule has 2 saturated carbocycles. The predicted octanol–water partition coefficient (Wildman–Crippen LogP) is 3.24. The van der Waals surface area contributed by atoms with Crippen LogP contribution in [-0.2, 0) is 11.2 Å². The van der Waals surface area contributed by atoms with Gasteiger partial charge in [-0.2, -0.15) is 0 Å². The predicted molar refractivity (Wildman–Crippen MR) is 92.1 cm³/mol. The summed E-state index contributed by atoms with van der Waals surface area (Å²) >= 11 is 0. The van der Waals surface area contributed by atoms with Gasteiger partial charge in [-0.1, -0.05) is 18.2 Å². The first kappa shape index (κ1) is 13.8. The van der Waals surface area contributed by atoms with Crippen molar-refractivity contribution >= 4 is 23.2 Å². The number of rotatable bonds is 3. The van der Waals surface area contributed by atoms with E-state index in [1.165, 1.54) is 5.56 Å². The first-order chi connectivity index (χ1) is 11.7. The van der Waals surface area contributed by atoms with E-state index in [4.69, 9.17) is 0 Å². The first-order valence-corrected chi connectivity index (χ1v) is 8.49. The van der Waals surface area contributed by atoms with Crippen LogP contribution in [0.25, 0.3) is 0 Å². The zero-order chi connectivity index (χ0) is 16.3. The Balaban J connectivity index is 1.32. The number of nitrogens with zero attached hydrogens (tertiary/aromatic N) is 1. The van der Waals surface area contributed by atoms with E-state index >= 15 is 0 Å². The number of carbonyl (C=O) groups excluding carboxylic acids is 2. The molecule has 1 heterocycles. The zero-order valence-corrected chi connectivity index (χ0v) is 13.3. The quantitative estimate of drug-likeness (QED) is 0.944. The molecule has 2 amide bonds. The van der Waals surface area contributed by atoms with Crippen molar-refractivity contribution in [3.8, 4) is 0 Å². The highest BCUT2D eigenvalue weighted by Gasteiger charge is 2.74. The van der Waals surface area contributed by atoms with Gasteiger partial charge in [0.25, 0.3) is 5.91 Å². The Morgan fingerprint density at radius 3 is 2.46 bits per heavy atom. The molecule has 1 N–H and O–H groups in total. The molecule has 5 rings (SSSR count). The van der Waals surface area contributed by atoms with Crippen molar-refractivity contribution in [1.29, 1.82) is 0 Å². The fraction of sp³-hybridized carbons (Fsp3) is 0.300. The van der Waals surface area contributed by atoms with E-state index in [-0.39, 0.29) is 17.2 Å². The van der Waals surface area contributed by atoms with Crippen molar-refractivity contribution in [2.45, 2.75) is 19.3 Å². The minimum Gasteiger partial charge on any atom is -0.326 e. The van der Waals surface area contributed by atoms with Gasteiger partial charge in [-0.15, -0.1) is 0 Å². The molecule has 2 aromatic rings. The highest BCUT2D eigenvalue weighted by Crippen LogP contribution is 2.75. The summed E-state index contributed by atoms with van der Waals surface area (Å²) in [5.74, 6) is 0.787. The second-order valence-corrected chi connectivity index (χ2v) is 7.13. The molecule has 0 spiro atoms. The Labute approximate surface area is 140 Å². The van der Waals surface area contributed by atoms with Gasteiger partial charge < -0.3 is 10.2 Å². The van der Waals surface area contributed by atoms with Crippen LogP contribution in [0, 0.1) is 11.3 Å². The van der Waals surface area contributed by atoms with E-state index in [9.17, 15) is 9.59 Å². The molecule has 0 atom stereocenters. The molecule has 0 unspecified atom stereocenters. The summed E-state index contributed by atoms with van der Waals surface area (Å²) in [6.45, 7) is 0.723. The highest BCUT2D eigenvalue weighted by atomic mass is 16.2. The Bertz CT molecular complexity index is 850. The van der Waals surface area contributed by atoms with Crippen molar-refractivity contribution in [2.24, 2.45) is 11.3 Å². The molecule has 120 valence electrons. The molecule has 2 aromatic carbocycles. The van der Waals surface area contributed by atoms with Crippen LogP contribution in [-0.4, -0.2) is 18.4 Å². The number of benzene rings is 2. The van der Waals surface area contributed by atoms with Gasteiger partial charge in [-0.3, -0.25) is 9.59 Å². The van der Waals surface area contributed by atoms with Gasteiger partial charge in [0.2, 0.25) is 5.91 Å². The summed E-state index contributed by atoms with van der Waals surface area (Å²) in [5, 5.41) is 2.97. The van der Waals surface area contributed by atoms with E-state index in [1.54, 1.807) is 12.1 Å². The third-order valence-electron chi connectivity index (χ3n) is 5.66. The number of anilines is 2. The third kappa shape index (κ3) is 1.99. The van der Waals surface area contributed by atoms with Crippen LogP contribution < -0.4 is 10.2 Å². The lowest BCUT2D eigenvalue weighted by molar-refractivity contribution is -0.119. The molecule has 0 aromatic heterocycles. The largest absolute Gasteiger partial charge is 0.326 e. The lowest BCUT2D eigenvalue weighted by Crippen LogP contribution is -2.28. The molecule has 2 aliphatic carbocycles. The molecule has 3 aliphatic rings. The van der Waals surface area contributed by atoms with E-state index in [0.29, 0.717) is 11.5 Å². The molecule has 1 aliphatic heterocycles. The van der Waals surface area contributed by atoms with Crippen LogP contribution in [0.4, 0.5) is 11.4 Å². The summed E-state index contributed by atoms with van der Waals surface area (Å²) in [6.07, 6.45) is 2.99. The monoisotopic (exact) mass is 318 g/mol. The van der Waals surface area contributed by atoms with E-state index in [2.05, 4.69) is 11.4 Å². The summed E-state index contributed by atoms with van der Waals surface area (Å²) in [7, 11) is 0. The van der Waals surface area contributed by atoms with Crippen molar-refractivity contribution in [3.05, 3.63) is 59.7 Å². The maximum absolute atomic E-state index is 12.8. The molecule has 4 heteroatoms. The maximum atomic E-state index is 12.8. The minimum atomic E-state index is -0.0340. The number of hydrogen-bond acceptors (Lipinski definition) is 2. The van der Waals surface area contributed by atoms with Crippen molar-refractivity contribution in [3.63, 3.8) is 0 Å². The van der Waals surface area contributed by atoms with Crippen molar-refractivity contribution in [1.82, 2.24) is 0 Å². The zero-order valence-electron chi connectivity index (χ0n) is 13.3. The molecule has 0 radical (unpaired) electrons. The first-order valence-electron chi connectivity index (χ1n) is 8.49. The summed E-state index contributed by atoms with van der Waals surface area (Å²) < 4.78 is 0. The number of para-hydroxylation sites is 1. The summed E-state index contributed by atoms with van der Waals surface area (Å²) in [6, 6.07) is 15.3. The number of fused-ring (bicyclic) bond motifs is 2. The molecule has 0 bridgehead atoms. The minimum absolute atomic E-state index is 0.0147. The normalized spacial score (nSPS) is 25.7. The van der Waals surface area contributed by atoms with Gasteiger partial charge in [-0.05, 0) is 61.1 Å². The summed E-state index contributed by atoms with van der Waals surface area (Å²) in [5.41, 5.74) is 3.61. The van der Waals surface area contributed by atoms with Gasteiger partial charge >= 0.3 is 0 Å². The third-order valence-corrected chi connectivity index (χ3v) is 5.66. The van der Waals surface area contributed by atoms with Crippen LogP contribution in [0.2, 0.25) is 0 Å². The van der Waals surface area contributed by atoms with Crippen molar-refractivity contribution < 1.29 is 9.59 Å². The highest BCUT2D eigenvalue weighted by molar-refractivity contribution is 6.07. The lowest BCUT2D eigenvalue weighted by Gasteiger charge is -2.17. The molecular weight excluding hydrogens is 300 g/mol. The molecular formula is C20H18N2O2. The topological polar surface area (TPSA) is 49.4 Å². The summed E-state index contributed by atoms with van der Waals surface area (Å²) in [4.78, 5) is 26.7. The number of amides is 2. The van der Waals surface area contributed by atoms with Crippen LogP contribution in [0.5, 0.6) is 0 Å². The average Bonchev–Trinajstić information content (AvgIpc) is 3.43. The number of carbonyl (C=O) groups is 2. The van der Waals surface area contributed by atoms with Crippen LogP contribution >= 0.6 is 0 Å². The van der Waals surface area contributed by atoms with Gasteiger partial charge in [0.05, 0.1) is 5.41 Å². The Morgan fingerprint density at radius 1 is 1.04 bits per heavy atom. The molecule has 2 fully saturated rings. The fourth-order valence-electron chi connectivity index (χ4n) is 3.73. The molecule has 4 nitrogen and oxygen atoms in total. The lowest BCUT2D eigenvalue weighted by atomic mass is 10.1. The van der Waals surface area contributed by atoms with E-state index in [1.807, 2.05) is 35.2 Å².